The average molecular weight is 231 g/mol. The van der Waals surface area contributed by atoms with Crippen molar-refractivity contribution in [2.24, 2.45) is 5.73 Å². The molecule has 0 spiro atoms. The third kappa shape index (κ3) is 1.88. The highest BCUT2D eigenvalue weighted by atomic mass is 79.9. The smallest absolute Gasteiger partial charge is 0.316 e. The largest absolute Gasteiger partial charge is 0.507 e. The molecule has 0 saturated carbocycles. The highest BCUT2D eigenvalue weighted by molar-refractivity contribution is 9.10. The summed E-state index contributed by atoms with van der Waals surface area (Å²) in [5.41, 5.74) is 5.34. The fourth-order valence-electron chi connectivity index (χ4n) is 0.749. The molecular formula is C7H7BrN2O2. The van der Waals surface area contributed by atoms with E-state index >= 15 is 0 Å². The van der Waals surface area contributed by atoms with Crippen LogP contribution in [0.5, 0.6) is 5.75 Å². The van der Waals surface area contributed by atoms with Crippen molar-refractivity contribution in [3.8, 4) is 5.75 Å². The van der Waals surface area contributed by atoms with Gasteiger partial charge in [0.2, 0.25) is 0 Å². The maximum absolute atomic E-state index is 10.4. The van der Waals surface area contributed by atoms with Crippen LogP contribution in [0.25, 0.3) is 0 Å². The number of halogens is 1. The standard InChI is InChI=1S/C7H7BrN2O2/c8-6-4(10-7(9)12)2-1-3-5(6)11/h1-3,11H,(H3,9,10,12). The van der Waals surface area contributed by atoms with Crippen LogP contribution in [-0.4, -0.2) is 11.1 Å². The van der Waals surface area contributed by atoms with Crippen molar-refractivity contribution in [3.05, 3.63) is 22.7 Å². The molecule has 0 unspecified atom stereocenters. The Morgan fingerprint density at radius 3 is 2.83 bits per heavy atom. The Bertz CT molecular complexity index is 314. The summed E-state index contributed by atoms with van der Waals surface area (Å²) in [5.74, 6) is 0.0567. The molecule has 0 fully saturated rings. The maximum Gasteiger partial charge on any atom is 0.316 e. The molecule has 4 nitrogen and oxygen atoms in total. The highest BCUT2D eigenvalue weighted by Crippen LogP contribution is 2.30. The molecule has 0 atom stereocenters. The third-order valence-electron chi connectivity index (χ3n) is 1.24. The number of rotatable bonds is 1. The van der Waals surface area contributed by atoms with E-state index in [2.05, 4.69) is 21.2 Å². The SMILES string of the molecule is NC(=O)Nc1cccc(O)c1Br. The van der Waals surface area contributed by atoms with Gasteiger partial charge in [0.05, 0.1) is 10.2 Å². The number of primary amides is 1. The molecule has 12 heavy (non-hydrogen) atoms. The Labute approximate surface area is 77.5 Å². The molecule has 0 radical (unpaired) electrons. The zero-order chi connectivity index (χ0) is 9.14. The fourth-order valence-corrected chi connectivity index (χ4v) is 1.11. The third-order valence-corrected chi connectivity index (χ3v) is 2.07. The maximum atomic E-state index is 10.4. The molecule has 0 bridgehead atoms. The Hall–Kier alpha value is -1.23. The molecule has 0 aromatic heterocycles. The molecule has 1 aromatic rings. The van der Waals surface area contributed by atoms with Gasteiger partial charge in [-0.2, -0.15) is 0 Å². The van der Waals surface area contributed by atoms with Gasteiger partial charge in [0.1, 0.15) is 5.75 Å². The van der Waals surface area contributed by atoms with Crippen molar-refractivity contribution in [3.63, 3.8) is 0 Å². The van der Waals surface area contributed by atoms with Crippen LogP contribution in [-0.2, 0) is 0 Å². The van der Waals surface area contributed by atoms with Crippen molar-refractivity contribution in [2.75, 3.05) is 5.32 Å². The van der Waals surface area contributed by atoms with Gasteiger partial charge >= 0.3 is 6.03 Å². The van der Waals surface area contributed by atoms with Crippen LogP contribution in [0.4, 0.5) is 10.5 Å². The van der Waals surface area contributed by atoms with E-state index in [1.165, 1.54) is 6.07 Å². The molecule has 0 heterocycles. The Kier molecular flexibility index (Phi) is 2.54. The van der Waals surface area contributed by atoms with Gasteiger partial charge in [0.25, 0.3) is 0 Å². The lowest BCUT2D eigenvalue weighted by Crippen LogP contribution is -2.19. The number of aromatic hydroxyl groups is 1. The number of benzene rings is 1. The summed E-state index contributed by atoms with van der Waals surface area (Å²) in [6.45, 7) is 0. The summed E-state index contributed by atoms with van der Waals surface area (Å²) >= 11 is 3.09. The van der Waals surface area contributed by atoms with E-state index in [1.54, 1.807) is 12.1 Å². The van der Waals surface area contributed by atoms with E-state index in [0.29, 0.717) is 10.2 Å². The highest BCUT2D eigenvalue weighted by Gasteiger charge is 2.04. The quantitative estimate of drug-likeness (QED) is 0.687. The summed E-state index contributed by atoms with van der Waals surface area (Å²) in [4.78, 5) is 10.4. The van der Waals surface area contributed by atoms with Crippen molar-refractivity contribution < 1.29 is 9.90 Å². The minimum absolute atomic E-state index is 0.0567. The molecule has 0 saturated heterocycles. The second kappa shape index (κ2) is 3.44. The first kappa shape index (κ1) is 8.86. The van der Waals surface area contributed by atoms with Crippen LogP contribution in [0.2, 0.25) is 0 Å². The Balaban J connectivity index is 3.00. The lowest BCUT2D eigenvalue weighted by Gasteiger charge is -2.04. The van der Waals surface area contributed by atoms with Crippen molar-refractivity contribution in [1.82, 2.24) is 0 Å². The minimum Gasteiger partial charge on any atom is -0.507 e. The number of phenolic OH excluding ortho intramolecular Hbond substituents is 1. The minimum atomic E-state index is -0.665. The summed E-state index contributed by atoms with van der Waals surface area (Å²) in [7, 11) is 0. The number of urea groups is 1. The molecule has 0 aliphatic heterocycles. The number of amides is 2. The number of hydrogen-bond acceptors (Lipinski definition) is 2. The predicted octanol–water partition coefficient (Wildman–Crippen LogP) is 1.65. The first-order chi connectivity index (χ1) is 5.61. The zero-order valence-electron chi connectivity index (χ0n) is 6.04. The number of nitrogens with two attached hydrogens (primary N) is 1. The van der Waals surface area contributed by atoms with Gasteiger partial charge in [0.15, 0.2) is 0 Å². The summed E-state index contributed by atoms with van der Waals surface area (Å²) in [5, 5.41) is 11.5. The lowest BCUT2D eigenvalue weighted by atomic mass is 10.3. The van der Waals surface area contributed by atoms with Gasteiger partial charge in [-0.05, 0) is 28.1 Å². The van der Waals surface area contributed by atoms with E-state index in [4.69, 9.17) is 5.73 Å². The van der Waals surface area contributed by atoms with E-state index in [1.807, 2.05) is 0 Å². The molecule has 4 N–H and O–H groups in total. The Morgan fingerprint density at radius 2 is 2.25 bits per heavy atom. The number of anilines is 1. The summed E-state index contributed by atoms with van der Waals surface area (Å²) < 4.78 is 0.420. The second-order valence-corrected chi connectivity index (χ2v) is 2.92. The average Bonchev–Trinajstić information content (AvgIpc) is 1.98. The fraction of sp³-hybridized carbons (Fsp3) is 0. The normalized spacial score (nSPS) is 9.42. The molecule has 1 aromatic carbocycles. The van der Waals surface area contributed by atoms with E-state index in [9.17, 15) is 9.90 Å². The molecule has 5 heteroatoms. The van der Waals surface area contributed by atoms with E-state index in [-0.39, 0.29) is 5.75 Å². The number of hydrogen-bond donors (Lipinski definition) is 3. The number of nitrogens with one attached hydrogen (secondary N) is 1. The molecule has 1 rings (SSSR count). The van der Waals surface area contributed by atoms with Crippen LogP contribution in [0.1, 0.15) is 0 Å². The number of carbonyl (C=O) groups is 1. The lowest BCUT2D eigenvalue weighted by molar-refractivity contribution is 0.259. The van der Waals surface area contributed by atoms with Crippen LogP contribution < -0.4 is 11.1 Å². The monoisotopic (exact) mass is 230 g/mol. The molecular weight excluding hydrogens is 224 g/mol. The van der Waals surface area contributed by atoms with E-state index < -0.39 is 6.03 Å². The second-order valence-electron chi connectivity index (χ2n) is 2.13. The van der Waals surface area contributed by atoms with Gasteiger partial charge in [-0.3, -0.25) is 0 Å². The van der Waals surface area contributed by atoms with Crippen molar-refractivity contribution in [2.45, 2.75) is 0 Å². The van der Waals surface area contributed by atoms with Gasteiger partial charge < -0.3 is 16.2 Å². The van der Waals surface area contributed by atoms with Gasteiger partial charge in [-0.15, -0.1) is 0 Å². The first-order valence-electron chi connectivity index (χ1n) is 3.15. The summed E-state index contributed by atoms with van der Waals surface area (Å²) in [6, 6.07) is 4.05. The van der Waals surface area contributed by atoms with Crippen LogP contribution >= 0.6 is 15.9 Å². The molecule has 0 aliphatic carbocycles. The van der Waals surface area contributed by atoms with E-state index in [0.717, 1.165) is 0 Å². The van der Waals surface area contributed by atoms with Crippen LogP contribution in [0.15, 0.2) is 22.7 Å². The van der Waals surface area contributed by atoms with Crippen molar-refractivity contribution >= 4 is 27.6 Å². The molecule has 64 valence electrons. The molecule has 0 aliphatic rings. The summed E-state index contributed by atoms with van der Waals surface area (Å²) in [6.07, 6.45) is 0. The van der Waals surface area contributed by atoms with Crippen LogP contribution in [0.3, 0.4) is 0 Å². The topological polar surface area (TPSA) is 75.4 Å². The zero-order valence-corrected chi connectivity index (χ0v) is 7.63. The number of phenols is 1. The van der Waals surface area contributed by atoms with Gasteiger partial charge in [-0.25, -0.2) is 4.79 Å². The number of carbonyl (C=O) groups excluding carboxylic acids is 1. The van der Waals surface area contributed by atoms with Crippen LogP contribution in [0, 0.1) is 0 Å². The predicted molar refractivity (Wildman–Crippen MR) is 49.0 cm³/mol. The van der Waals surface area contributed by atoms with Gasteiger partial charge in [0, 0.05) is 0 Å². The van der Waals surface area contributed by atoms with Gasteiger partial charge in [-0.1, -0.05) is 6.07 Å². The molecule has 2 amide bonds. The Morgan fingerprint density at radius 1 is 1.58 bits per heavy atom. The first-order valence-corrected chi connectivity index (χ1v) is 3.94. The van der Waals surface area contributed by atoms with Crippen molar-refractivity contribution in [1.29, 1.82) is 0 Å².